The zero-order valence-corrected chi connectivity index (χ0v) is 14.3. The van der Waals surface area contributed by atoms with Crippen LogP contribution in [0.1, 0.15) is 61.6 Å². The Balaban J connectivity index is 1.59. The molecule has 23 heavy (non-hydrogen) atoms. The largest absolute Gasteiger partial charge is 0.345 e. The Kier molecular flexibility index (Phi) is 5.39. The zero-order chi connectivity index (χ0) is 16.1. The normalized spacial score (nSPS) is 19.1. The predicted molar refractivity (Wildman–Crippen MR) is 91.2 cm³/mol. The van der Waals surface area contributed by atoms with E-state index in [2.05, 4.69) is 37.8 Å². The maximum Gasteiger partial charge on any atom is 0.125 e. The fraction of sp³-hybridized carbons (Fsp3) is 0.611. The Morgan fingerprint density at radius 2 is 2.26 bits per heavy atom. The minimum atomic E-state index is 0.521. The third-order valence-electron chi connectivity index (χ3n) is 4.56. The van der Waals surface area contributed by atoms with E-state index >= 15 is 0 Å². The minimum Gasteiger partial charge on any atom is -0.345 e. The molecule has 5 nitrogen and oxygen atoms in total. The van der Waals surface area contributed by atoms with Crippen molar-refractivity contribution in [3.8, 4) is 0 Å². The first-order valence-corrected chi connectivity index (χ1v) is 8.79. The molecule has 0 bridgehead atoms. The molecule has 0 aliphatic carbocycles. The molecule has 5 heteroatoms. The molecule has 1 saturated heterocycles. The molecule has 1 aliphatic rings. The van der Waals surface area contributed by atoms with Crippen LogP contribution < -0.4 is 0 Å². The number of unbranched alkanes of at least 4 members (excludes halogenated alkanes) is 1. The minimum absolute atomic E-state index is 0.521. The highest BCUT2D eigenvalue weighted by molar-refractivity contribution is 5.10. The van der Waals surface area contributed by atoms with Gasteiger partial charge in [-0.1, -0.05) is 13.3 Å². The molecule has 1 N–H and O–H groups in total. The van der Waals surface area contributed by atoms with Crippen molar-refractivity contribution in [3.63, 3.8) is 0 Å². The molecule has 3 heterocycles. The summed E-state index contributed by atoms with van der Waals surface area (Å²) in [4.78, 5) is 19.3. The van der Waals surface area contributed by atoms with Gasteiger partial charge in [0.05, 0.1) is 0 Å². The van der Waals surface area contributed by atoms with E-state index in [-0.39, 0.29) is 0 Å². The lowest BCUT2D eigenvalue weighted by Gasteiger charge is -2.32. The number of aryl methyl sites for hydroxylation is 2. The van der Waals surface area contributed by atoms with Crippen molar-refractivity contribution >= 4 is 0 Å². The average Bonchev–Trinajstić information content (AvgIpc) is 3.00. The van der Waals surface area contributed by atoms with Crippen LogP contribution in [0.15, 0.2) is 18.5 Å². The topological polar surface area (TPSA) is 57.7 Å². The number of hydrogen-bond acceptors (Lipinski definition) is 4. The van der Waals surface area contributed by atoms with E-state index in [1.165, 1.54) is 37.1 Å². The number of aromatic nitrogens is 4. The Morgan fingerprint density at radius 3 is 3.09 bits per heavy atom. The SMILES string of the molecule is CCCCc1ncc(CN2CCC[C@@H](c3ccnc(C)n3)C2)[nH]1. The fourth-order valence-electron chi connectivity index (χ4n) is 3.34. The molecule has 0 saturated carbocycles. The van der Waals surface area contributed by atoms with Crippen molar-refractivity contribution in [3.05, 3.63) is 41.5 Å². The second kappa shape index (κ2) is 7.68. The van der Waals surface area contributed by atoms with E-state index in [9.17, 15) is 0 Å². The predicted octanol–water partition coefficient (Wildman–Crippen LogP) is 3.23. The van der Waals surface area contributed by atoms with Gasteiger partial charge >= 0.3 is 0 Å². The number of nitrogens with one attached hydrogen (secondary N) is 1. The Bertz CT molecular complexity index is 621. The lowest BCUT2D eigenvalue weighted by Crippen LogP contribution is -2.34. The first kappa shape index (κ1) is 16.1. The van der Waals surface area contributed by atoms with Gasteiger partial charge in [0.15, 0.2) is 0 Å². The third-order valence-corrected chi connectivity index (χ3v) is 4.56. The molecule has 3 rings (SSSR count). The molecule has 0 radical (unpaired) electrons. The number of nitrogens with zero attached hydrogens (tertiary/aromatic N) is 4. The van der Waals surface area contributed by atoms with Crippen LogP contribution in [0.2, 0.25) is 0 Å². The van der Waals surface area contributed by atoms with Gasteiger partial charge in [0.1, 0.15) is 11.6 Å². The van der Waals surface area contributed by atoms with Crippen LogP contribution in [0.3, 0.4) is 0 Å². The molecule has 1 aliphatic heterocycles. The average molecular weight is 313 g/mol. The number of H-pyrrole nitrogens is 1. The second-order valence-electron chi connectivity index (χ2n) is 6.56. The molecule has 0 aromatic carbocycles. The van der Waals surface area contributed by atoms with Crippen molar-refractivity contribution in [2.24, 2.45) is 0 Å². The quantitative estimate of drug-likeness (QED) is 0.889. The number of aromatic amines is 1. The first-order chi connectivity index (χ1) is 11.2. The van der Waals surface area contributed by atoms with Gasteiger partial charge in [-0.2, -0.15) is 0 Å². The van der Waals surface area contributed by atoms with E-state index < -0.39 is 0 Å². The van der Waals surface area contributed by atoms with E-state index in [0.29, 0.717) is 5.92 Å². The standard InChI is InChI=1S/C18H27N5/c1-3-4-7-18-20-11-16(22-18)13-23-10-5-6-15(12-23)17-8-9-19-14(2)21-17/h8-9,11,15H,3-7,10,12-13H2,1-2H3,(H,20,22)/t15-/m1/s1. The van der Waals surface area contributed by atoms with Crippen LogP contribution in [0.5, 0.6) is 0 Å². The Morgan fingerprint density at radius 1 is 1.35 bits per heavy atom. The van der Waals surface area contributed by atoms with Gasteiger partial charge in [0.25, 0.3) is 0 Å². The van der Waals surface area contributed by atoms with Crippen LogP contribution >= 0.6 is 0 Å². The number of hydrogen-bond donors (Lipinski definition) is 1. The van der Waals surface area contributed by atoms with E-state index in [0.717, 1.165) is 37.7 Å². The Hall–Kier alpha value is -1.75. The van der Waals surface area contributed by atoms with Crippen LogP contribution in [-0.2, 0) is 13.0 Å². The second-order valence-corrected chi connectivity index (χ2v) is 6.56. The van der Waals surface area contributed by atoms with Crippen LogP contribution in [0.25, 0.3) is 0 Å². The lowest BCUT2D eigenvalue weighted by atomic mass is 9.94. The molecule has 0 spiro atoms. The van der Waals surface area contributed by atoms with Crippen LogP contribution in [0, 0.1) is 6.92 Å². The monoisotopic (exact) mass is 313 g/mol. The highest BCUT2D eigenvalue weighted by atomic mass is 15.1. The summed E-state index contributed by atoms with van der Waals surface area (Å²) in [7, 11) is 0. The smallest absolute Gasteiger partial charge is 0.125 e. The van der Waals surface area contributed by atoms with E-state index in [1.54, 1.807) is 0 Å². The Labute approximate surface area is 138 Å². The molecule has 1 fully saturated rings. The number of likely N-dealkylation sites (tertiary alicyclic amines) is 1. The van der Waals surface area contributed by atoms with Gasteiger partial charge in [0.2, 0.25) is 0 Å². The molecular formula is C18H27N5. The summed E-state index contributed by atoms with van der Waals surface area (Å²) < 4.78 is 0. The number of rotatable bonds is 6. The molecule has 1 atom stereocenters. The van der Waals surface area contributed by atoms with Crippen molar-refractivity contribution in [1.29, 1.82) is 0 Å². The van der Waals surface area contributed by atoms with Gasteiger partial charge in [-0.05, 0) is 38.8 Å². The molecule has 0 unspecified atom stereocenters. The fourth-order valence-corrected chi connectivity index (χ4v) is 3.34. The third kappa shape index (κ3) is 4.38. The van der Waals surface area contributed by atoms with Gasteiger partial charge in [-0.15, -0.1) is 0 Å². The maximum absolute atomic E-state index is 4.62. The van der Waals surface area contributed by atoms with Crippen molar-refractivity contribution < 1.29 is 0 Å². The first-order valence-electron chi connectivity index (χ1n) is 8.79. The molecule has 0 amide bonds. The zero-order valence-electron chi connectivity index (χ0n) is 14.3. The molecule has 2 aromatic heterocycles. The highest BCUT2D eigenvalue weighted by Crippen LogP contribution is 2.26. The van der Waals surface area contributed by atoms with E-state index in [4.69, 9.17) is 0 Å². The lowest BCUT2D eigenvalue weighted by molar-refractivity contribution is 0.196. The van der Waals surface area contributed by atoms with Gasteiger partial charge in [-0.25, -0.2) is 15.0 Å². The summed E-state index contributed by atoms with van der Waals surface area (Å²) in [5, 5.41) is 0. The molecule has 124 valence electrons. The number of piperidine rings is 1. The summed E-state index contributed by atoms with van der Waals surface area (Å²) in [6.45, 7) is 7.36. The van der Waals surface area contributed by atoms with Crippen molar-refractivity contribution in [1.82, 2.24) is 24.8 Å². The van der Waals surface area contributed by atoms with Crippen LogP contribution in [0.4, 0.5) is 0 Å². The summed E-state index contributed by atoms with van der Waals surface area (Å²) >= 11 is 0. The summed E-state index contributed by atoms with van der Waals surface area (Å²) in [6.07, 6.45) is 9.80. The number of imidazole rings is 1. The molecule has 2 aromatic rings. The van der Waals surface area contributed by atoms with E-state index in [1.807, 2.05) is 19.3 Å². The van der Waals surface area contributed by atoms with Gasteiger partial charge < -0.3 is 4.98 Å². The van der Waals surface area contributed by atoms with Gasteiger partial charge in [0, 0.05) is 49.2 Å². The summed E-state index contributed by atoms with van der Waals surface area (Å²) in [5.41, 5.74) is 2.42. The molecular weight excluding hydrogens is 286 g/mol. The van der Waals surface area contributed by atoms with Crippen molar-refractivity contribution in [2.75, 3.05) is 13.1 Å². The van der Waals surface area contributed by atoms with Crippen LogP contribution in [-0.4, -0.2) is 37.9 Å². The van der Waals surface area contributed by atoms with Gasteiger partial charge in [-0.3, -0.25) is 4.90 Å². The van der Waals surface area contributed by atoms with Crippen molar-refractivity contribution in [2.45, 2.75) is 58.4 Å². The maximum atomic E-state index is 4.62. The highest BCUT2D eigenvalue weighted by Gasteiger charge is 2.23. The summed E-state index contributed by atoms with van der Waals surface area (Å²) in [5.74, 6) is 2.52. The summed E-state index contributed by atoms with van der Waals surface area (Å²) in [6, 6.07) is 2.07.